The Labute approximate surface area is 138 Å². The number of fused-ring (bicyclic) bond motifs is 2. The summed E-state index contributed by atoms with van der Waals surface area (Å²) in [5, 5.41) is 1.69. The van der Waals surface area contributed by atoms with Crippen molar-refractivity contribution < 1.29 is 27.4 Å². The largest absolute Gasteiger partial charge is 0.453 e. The lowest BCUT2D eigenvalue weighted by molar-refractivity contribution is -0.170. The van der Waals surface area contributed by atoms with Gasteiger partial charge in [0.2, 0.25) is 0 Å². The van der Waals surface area contributed by atoms with Crippen molar-refractivity contribution in [1.29, 1.82) is 0 Å². The minimum absolute atomic E-state index is 0.0378. The summed E-state index contributed by atoms with van der Waals surface area (Å²) in [6.45, 7) is 4.19. The highest BCUT2D eigenvalue weighted by atomic mass is 32.2. The Morgan fingerprint density at radius 2 is 2.26 bits per heavy atom. The number of hydrogen-bond donors (Lipinski definition) is 0. The summed E-state index contributed by atoms with van der Waals surface area (Å²) in [6, 6.07) is 1.67. The summed E-state index contributed by atoms with van der Waals surface area (Å²) in [6.07, 6.45) is 0.436. The van der Waals surface area contributed by atoms with E-state index < -0.39 is 28.4 Å². The lowest BCUT2D eigenvalue weighted by Gasteiger charge is -2.36. The van der Waals surface area contributed by atoms with Crippen molar-refractivity contribution in [2.75, 3.05) is 19.8 Å². The van der Waals surface area contributed by atoms with Crippen molar-refractivity contribution >= 4 is 33.4 Å². The van der Waals surface area contributed by atoms with E-state index in [-0.39, 0.29) is 23.1 Å². The van der Waals surface area contributed by atoms with Gasteiger partial charge in [-0.3, -0.25) is 4.31 Å². The van der Waals surface area contributed by atoms with Crippen LogP contribution >= 0.6 is 11.3 Å². The van der Waals surface area contributed by atoms with Crippen LogP contribution in [-0.4, -0.2) is 50.8 Å². The minimum atomic E-state index is -3.72. The van der Waals surface area contributed by atoms with Crippen LogP contribution in [0.3, 0.4) is 0 Å². The average molecular weight is 359 g/mol. The van der Waals surface area contributed by atoms with Gasteiger partial charge in [-0.15, -0.1) is 11.3 Å². The number of ether oxygens (including phenoxy) is 3. The first kappa shape index (κ1) is 16.4. The number of nitrogens with zero attached hydrogens (tertiary/aromatic N) is 1. The molecule has 0 aliphatic carbocycles. The second-order valence-electron chi connectivity index (χ2n) is 5.11. The molecule has 2 aliphatic rings. The van der Waals surface area contributed by atoms with E-state index in [1.165, 1.54) is 0 Å². The monoisotopic (exact) mass is 359 g/mol. The zero-order chi connectivity index (χ0) is 16.6. The average Bonchev–Trinajstić information content (AvgIpc) is 2.96. The smallest absolute Gasteiger partial charge is 0.356 e. The predicted molar refractivity (Wildman–Crippen MR) is 83.1 cm³/mol. The van der Waals surface area contributed by atoms with Crippen LogP contribution in [0.2, 0.25) is 0 Å². The standard InChI is InChI=1S/C14H17NO6S2/c1-3-19-9(2)20-8-11-7-15-12(13(16)21-11)6-10-4-5-22-14(10)23(15,17)18/h4-6,9,11H,3,7-8H2,1-2H3. The van der Waals surface area contributed by atoms with Crippen molar-refractivity contribution in [3.63, 3.8) is 0 Å². The molecule has 1 aromatic heterocycles. The molecule has 2 aliphatic heterocycles. The summed E-state index contributed by atoms with van der Waals surface area (Å²) in [4.78, 5) is 12.1. The Morgan fingerprint density at radius 3 is 3.00 bits per heavy atom. The molecule has 0 N–H and O–H groups in total. The summed E-state index contributed by atoms with van der Waals surface area (Å²) >= 11 is 1.14. The topological polar surface area (TPSA) is 82.1 Å². The van der Waals surface area contributed by atoms with E-state index in [1.54, 1.807) is 24.4 Å². The molecule has 0 bridgehead atoms. The summed E-state index contributed by atoms with van der Waals surface area (Å²) in [5.74, 6) is -0.658. The summed E-state index contributed by atoms with van der Waals surface area (Å²) in [7, 11) is -3.72. The molecule has 1 fully saturated rings. The van der Waals surface area contributed by atoms with Crippen molar-refractivity contribution in [3.05, 3.63) is 22.7 Å². The Morgan fingerprint density at radius 1 is 1.48 bits per heavy atom. The van der Waals surface area contributed by atoms with Crippen molar-refractivity contribution in [1.82, 2.24) is 4.31 Å². The number of carbonyl (C=O) groups is 1. The Bertz CT molecular complexity index is 738. The van der Waals surface area contributed by atoms with Crippen LogP contribution in [0.1, 0.15) is 19.4 Å². The van der Waals surface area contributed by atoms with Gasteiger partial charge in [-0.05, 0) is 31.4 Å². The van der Waals surface area contributed by atoms with Gasteiger partial charge < -0.3 is 14.2 Å². The molecule has 9 heteroatoms. The molecule has 0 amide bonds. The van der Waals surface area contributed by atoms with Crippen molar-refractivity contribution in [2.24, 2.45) is 0 Å². The van der Waals surface area contributed by atoms with Crippen LogP contribution in [0.25, 0.3) is 6.08 Å². The highest BCUT2D eigenvalue weighted by Crippen LogP contribution is 2.37. The Hall–Kier alpha value is -1.42. The number of sulfonamides is 1. The number of carbonyl (C=O) groups excluding carboxylic acids is 1. The number of hydrogen-bond acceptors (Lipinski definition) is 7. The summed E-state index contributed by atoms with van der Waals surface area (Å²) in [5.41, 5.74) is 0.572. The maximum atomic E-state index is 12.7. The molecule has 7 nitrogen and oxygen atoms in total. The molecule has 1 saturated heterocycles. The third-order valence-corrected chi connectivity index (χ3v) is 6.79. The van der Waals surface area contributed by atoms with Crippen molar-refractivity contribution in [3.8, 4) is 0 Å². The van der Waals surface area contributed by atoms with Gasteiger partial charge in [0, 0.05) is 12.2 Å². The molecule has 126 valence electrons. The normalized spacial score (nSPS) is 23.6. The molecule has 23 heavy (non-hydrogen) atoms. The first-order chi connectivity index (χ1) is 10.9. The Balaban J connectivity index is 1.79. The summed E-state index contributed by atoms with van der Waals surface area (Å²) < 4.78 is 42.6. The SMILES string of the molecule is CCOC(C)OCC1CN2C(=Cc3ccsc3S2(=O)=O)C(=O)O1. The third kappa shape index (κ3) is 3.01. The fourth-order valence-corrected chi connectivity index (χ4v) is 5.37. The quantitative estimate of drug-likeness (QED) is 0.584. The molecule has 0 saturated carbocycles. The van der Waals surface area contributed by atoms with Crippen LogP contribution in [0, 0.1) is 0 Å². The van der Waals surface area contributed by atoms with Crippen LogP contribution < -0.4 is 0 Å². The van der Waals surface area contributed by atoms with Crippen LogP contribution in [0.4, 0.5) is 0 Å². The number of cyclic esters (lactones) is 1. The second kappa shape index (κ2) is 6.23. The lowest BCUT2D eigenvalue weighted by Crippen LogP contribution is -2.49. The molecular formula is C14H17NO6S2. The zero-order valence-corrected chi connectivity index (χ0v) is 14.4. The van der Waals surface area contributed by atoms with Crippen LogP contribution in [0.5, 0.6) is 0 Å². The first-order valence-corrected chi connectivity index (χ1v) is 9.51. The van der Waals surface area contributed by atoms with Crippen LogP contribution in [-0.2, 0) is 29.0 Å². The second-order valence-corrected chi connectivity index (χ2v) is 8.09. The van der Waals surface area contributed by atoms with Gasteiger partial charge in [0.25, 0.3) is 10.0 Å². The highest BCUT2D eigenvalue weighted by Gasteiger charge is 2.42. The number of rotatable bonds is 5. The molecule has 0 spiro atoms. The molecule has 0 radical (unpaired) electrons. The molecular weight excluding hydrogens is 342 g/mol. The molecule has 3 rings (SSSR count). The number of esters is 1. The Kier molecular flexibility index (Phi) is 4.45. The number of morpholine rings is 1. The minimum Gasteiger partial charge on any atom is -0.453 e. The number of thiophene rings is 1. The molecule has 0 aromatic carbocycles. The van der Waals surface area contributed by atoms with E-state index >= 15 is 0 Å². The molecule has 2 unspecified atom stereocenters. The third-order valence-electron chi connectivity index (χ3n) is 3.51. The van der Waals surface area contributed by atoms with E-state index in [4.69, 9.17) is 14.2 Å². The first-order valence-electron chi connectivity index (χ1n) is 7.19. The van der Waals surface area contributed by atoms with E-state index in [1.807, 2.05) is 6.92 Å². The molecule has 2 atom stereocenters. The maximum Gasteiger partial charge on any atom is 0.356 e. The van der Waals surface area contributed by atoms with E-state index in [0.717, 1.165) is 15.6 Å². The van der Waals surface area contributed by atoms with Gasteiger partial charge in [-0.2, -0.15) is 0 Å². The van der Waals surface area contributed by atoms with Crippen LogP contribution in [0.15, 0.2) is 21.4 Å². The fraction of sp³-hybridized carbons (Fsp3) is 0.500. The zero-order valence-electron chi connectivity index (χ0n) is 12.7. The van der Waals surface area contributed by atoms with Gasteiger partial charge in [0.1, 0.15) is 16.0 Å². The van der Waals surface area contributed by atoms with E-state index in [9.17, 15) is 13.2 Å². The van der Waals surface area contributed by atoms with Gasteiger partial charge in [0.15, 0.2) is 6.29 Å². The van der Waals surface area contributed by atoms with Gasteiger partial charge >= 0.3 is 5.97 Å². The molecule has 1 aromatic rings. The highest BCUT2D eigenvalue weighted by molar-refractivity contribution is 7.91. The van der Waals surface area contributed by atoms with Gasteiger partial charge in [0.05, 0.1) is 13.2 Å². The van der Waals surface area contributed by atoms with Gasteiger partial charge in [-0.25, -0.2) is 13.2 Å². The lowest BCUT2D eigenvalue weighted by atomic mass is 10.2. The molecule has 3 heterocycles. The fourth-order valence-electron chi connectivity index (χ4n) is 2.47. The predicted octanol–water partition coefficient (Wildman–Crippen LogP) is 1.42. The van der Waals surface area contributed by atoms with E-state index in [0.29, 0.717) is 12.2 Å². The van der Waals surface area contributed by atoms with E-state index in [2.05, 4.69) is 0 Å². The maximum absolute atomic E-state index is 12.7. The van der Waals surface area contributed by atoms with Crippen molar-refractivity contribution in [2.45, 2.75) is 30.5 Å². The van der Waals surface area contributed by atoms with Gasteiger partial charge in [-0.1, -0.05) is 0 Å².